The maximum absolute atomic E-state index is 6.09. The lowest BCUT2D eigenvalue weighted by Crippen LogP contribution is -2.41. The number of rotatable bonds is 6. The fraction of sp³-hybridized carbons (Fsp3) is 0.235. The maximum atomic E-state index is 6.09. The highest BCUT2D eigenvalue weighted by Gasteiger charge is 2.27. The standard InChI is InChI=1S/C17H19N7S/c18-15-12-16(24-9-2-5-20-24)23(8-3-7-22-10-6-19-13-22)17(21-15)14-4-1-11-25-14/h1-2,4-6,9-13,16H,3,7-8,18H2. The number of hydrogen-bond donors (Lipinski definition) is 1. The van der Waals surface area contributed by atoms with Crippen LogP contribution < -0.4 is 5.73 Å². The van der Waals surface area contributed by atoms with Crippen molar-refractivity contribution in [1.29, 1.82) is 0 Å². The molecule has 7 nitrogen and oxygen atoms in total. The quantitative estimate of drug-likeness (QED) is 0.738. The lowest BCUT2D eigenvalue weighted by atomic mass is 10.2. The van der Waals surface area contributed by atoms with Crippen LogP contribution in [-0.2, 0) is 6.54 Å². The zero-order chi connectivity index (χ0) is 17.1. The first-order valence-corrected chi connectivity index (χ1v) is 9.00. The van der Waals surface area contributed by atoms with E-state index in [0.717, 1.165) is 30.2 Å². The van der Waals surface area contributed by atoms with Crippen LogP contribution in [0.15, 0.2) is 71.6 Å². The van der Waals surface area contributed by atoms with Crippen molar-refractivity contribution in [3.05, 3.63) is 71.5 Å². The van der Waals surface area contributed by atoms with Gasteiger partial charge >= 0.3 is 0 Å². The van der Waals surface area contributed by atoms with Gasteiger partial charge in [-0.15, -0.1) is 11.3 Å². The van der Waals surface area contributed by atoms with Gasteiger partial charge in [0.1, 0.15) is 17.8 Å². The number of thiophene rings is 1. The first kappa shape index (κ1) is 15.6. The molecule has 0 saturated heterocycles. The van der Waals surface area contributed by atoms with Gasteiger partial charge in [-0.3, -0.25) is 0 Å². The van der Waals surface area contributed by atoms with Crippen LogP contribution in [0.25, 0.3) is 0 Å². The monoisotopic (exact) mass is 353 g/mol. The molecule has 1 aliphatic heterocycles. The highest BCUT2D eigenvalue weighted by molar-refractivity contribution is 7.12. The minimum absolute atomic E-state index is 0.0765. The minimum atomic E-state index is -0.0765. The predicted octanol–water partition coefficient (Wildman–Crippen LogP) is 2.29. The topological polar surface area (TPSA) is 77.3 Å². The first-order chi connectivity index (χ1) is 12.3. The molecule has 1 unspecified atom stereocenters. The van der Waals surface area contributed by atoms with E-state index in [1.165, 1.54) is 0 Å². The zero-order valence-electron chi connectivity index (χ0n) is 13.6. The lowest BCUT2D eigenvalue weighted by molar-refractivity contribution is 0.255. The molecular weight excluding hydrogens is 334 g/mol. The molecule has 3 aromatic rings. The summed E-state index contributed by atoms with van der Waals surface area (Å²) in [5.41, 5.74) is 6.09. The second kappa shape index (κ2) is 6.94. The summed E-state index contributed by atoms with van der Waals surface area (Å²) >= 11 is 1.67. The molecule has 0 bridgehead atoms. The molecule has 1 aliphatic rings. The molecule has 0 aliphatic carbocycles. The third-order valence-corrected chi connectivity index (χ3v) is 4.92. The van der Waals surface area contributed by atoms with Gasteiger partial charge < -0.3 is 15.2 Å². The van der Waals surface area contributed by atoms with Gasteiger partial charge in [0.25, 0.3) is 0 Å². The second-order valence-corrected chi connectivity index (χ2v) is 6.70. The van der Waals surface area contributed by atoms with Crippen molar-refractivity contribution in [2.24, 2.45) is 10.7 Å². The Balaban J connectivity index is 1.60. The summed E-state index contributed by atoms with van der Waals surface area (Å²) in [5, 5.41) is 6.46. The van der Waals surface area contributed by atoms with Crippen molar-refractivity contribution in [1.82, 2.24) is 24.2 Å². The van der Waals surface area contributed by atoms with Crippen molar-refractivity contribution in [3.8, 4) is 0 Å². The van der Waals surface area contributed by atoms with E-state index >= 15 is 0 Å². The summed E-state index contributed by atoms with van der Waals surface area (Å²) in [6, 6.07) is 6.03. The van der Waals surface area contributed by atoms with Gasteiger partial charge in [-0.25, -0.2) is 14.7 Å². The molecule has 0 amide bonds. The normalized spacial score (nSPS) is 17.4. The molecule has 0 aromatic carbocycles. The average Bonchev–Trinajstić information content (AvgIpc) is 3.38. The van der Waals surface area contributed by atoms with Gasteiger partial charge in [-0.1, -0.05) is 6.07 Å². The van der Waals surface area contributed by atoms with Gasteiger partial charge in [0.05, 0.1) is 11.2 Å². The number of amidine groups is 1. The van der Waals surface area contributed by atoms with Crippen LogP contribution in [0.2, 0.25) is 0 Å². The average molecular weight is 353 g/mol. The van der Waals surface area contributed by atoms with Crippen molar-refractivity contribution in [2.45, 2.75) is 19.1 Å². The van der Waals surface area contributed by atoms with E-state index in [2.05, 4.69) is 36.0 Å². The van der Waals surface area contributed by atoms with E-state index in [1.807, 2.05) is 41.6 Å². The number of aliphatic imine (C=N–C) groups is 1. The molecule has 0 radical (unpaired) electrons. The van der Waals surface area contributed by atoms with Crippen LogP contribution in [-0.4, -0.2) is 36.6 Å². The molecule has 0 fully saturated rings. The Hall–Kier alpha value is -2.87. The van der Waals surface area contributed by atoms with Crippen molar-refractivity contribution in [2.75, 3.05) is 6.54 Å². The van der Waals surface area contributed by atoms with E-state index in [4.69, 9.17) is 5.73 Å². The maximum Gasteiger partial charge on any atom is 0.150 e. The number of nitrogens with two attached hydrogens (primary N) is 1. The van der Waals surface area contributed by atoms with Gasteiger partial charge in [0.2, 0.25) is 0 Å². The Morgan fingerprint density at radius 3 is 2.84 bits per heavy atom. The second-order valence-electron chi connectivity index (χ2n) is 5.75. The number of aryl methyl sites for hydroxylation is 1. The molecule has 4 rings (SSSR count). The molecular formula is C17H19N7S. The van der Waals surface area contributed by atoms with Crippen molar-refractivity contribution < 1.29 is 0 Å². The molecule has 128 valence electrons. The van der Waals surface area contributed by atoms with E-state index < -0.39 is 0 Å². The number of aromatic nitrogens is 4. The smallest absolute Gasteiger partial charge is 0.150 e. The molecule has 1 atom stereocenters. The molecule has 0 saturated carbocycles. The van der Waals surface area contributed by atoms with Crippen LogP contribution in [0.3, 0.4) is 0 Å². The highest BCUT2D eigenvalue weighted by atomic mass is 32.1. The van der Waals surface area contributed by atoms with E-state index in [-0.39, 0.29) is 6.17 Å². The Bertz CT molecular complexity index is 847. The van der Waals surface area contributed by atoms with Crippen molar-refractivity contribution >= 4 is 17.2 Å². The summed E-state index contributed by atoms with van der Waals surface area (Å²) in [7, 11) is 0. The number of hydrogen-bond acceptors (Lipinski definition) is 6. The molecule has 3 aromatic heterocycles. The summed E-state index contributed by atoms with van der Waals surface area (Å²) < 4.78 is 3.99. The van der Waals surface area contributed by atoms with Crippen LogP contribution >= 0.6 is 11.3 Å². The summed E-state index contributed by atoms with van der Waals surface area (Å²) in [4.78, 5) is 12.1. The molecule has 8 heteroatoms. The third-order valence-electron chi connectivity index (χ3n) is 4.06. The van der Waals surface area contributed by atoms with Gasteiger partial charge in [-0.2, -0.15) is 5.10 Å². The summed E-state index contributed by atoms with van der Waals surface area (Å²) in [6.07, 6.45) is 12.2. The number of nitrogens with zero attached hydrogens (tertiary/aromatic N) is 6. The number of imidazole rings is 1. The van der Waals surface area contributed by atoms with Crippen molar-refractivity contribution in [3.63, 3.8) is 0 Å². The Morgan fingerprint density at radius 1 is 1.16 bits per heavy atom. The SMILES string of the molecule is NC1=CC(n2cccn2)N(CCCn2ccnc2)C(c2cccs2)=N1. The summed E-state index contributed by atoms with van der Waals surface area (Å²) in [6.45, 7) is 1.74. The van der Waals surface area contributed by atoms with E-state index in [1.54, 1.807) is 23.7 Å². The van der Waals surface area contributed by atoms with Crippen LogP contribution in [0.1, 0.15) is 17.5 Å². The molecule has 25 heavy (non-hydrogen) atoms. The van der Waals surface area contributed by atoms with Crippen LogP contribution in [0, 0.1) is 0 Å². The van der Waals surface area contributed by atoms with Crippen LogP contribution in [0.4, 0.5) is 0 Å². The molecule has 0 spiro atoms. The lowest BCUT2D eigenvalue weighted by Gasteiger charge is -2.35. The Labute approximate surface area is 149 Å². The van der Waals surface area contributed by atoms with Gasteiger partial charge in [0, 0.05) is 44.0 Å². The van der Waals surface area contributed by atoms with E-state index in [0.29, 0.717) is 5.82 Å². The summed E-state index contributed by atoms with van der Waals surface area (Å²) in [5.74, 6) is 1.43. The van der Waals surface area contributed by atoms with Gasteiger partial charge in [0.15, 0.2) is 0 Å². The largest absolute Gasteiger partial charge is 0.384 e. The highest BCUT2D eigenvalue weighted by Crippen LogP contribution is 2.26. The zero-order valence-corrected chi connectivity index (χ0v) is 14.5. The van der Waals surface area contributed by atoms with Gasteiger partial charge in [-0.05, 0) is 23.9 Å². The minimum Gasteiger partial charge on any atom is -0.384 e. The molecule has 2 N–H and O–H groups in total. The Morgan fingerprint density at radius 2 is 2.12 bits per heavy atom. The van der Waals surface area contributed by atoms with E-state index in [9.17, 15) is 0 Å². The fourth-order valence-corrected chi connectivity index (χ4v) is 3.66. The molecule has 4 heterocycles. The third kappa shape index (κ3) is 3.34. The predicted molar refractivity (Wildman–Crippen MR) is 97.9 cm³/mol. The first-order valence-electron chi connectivity index (χ1n) is 8.12. The Kier molecular flexibility index (Phi) is 4.34. The van der Waals surface area contributed by atoms with Crippen LogP contribution in [0.5, 0.6) is 0 Å². The fourth-order valence-electron chi connectivity index (χ4n) is 2.93.